The number of rotatable bonds is 3. The van der Waals surface area contributed by atoms with Crippen LogP contribution in [0.5, 0.6) is 0 Å². The van der Waals surface area contributed by atoms with E-state index in [0.717, 1.165) is 21.8 Å². The summed E-state index contributed by atoms with van der Waals surface area (Å²) < 4.78 is 0. The molecule has 3 rings (SSSR count). The standard InChI is InChI=1S/C19H14N2S/c1-14-6-5-7-15(10-14)11-17(12-20)19-21-18(13-22-19)16-8-3-2-4-9-16/h2-11,13H,1H3/b17-11-. The average Bonchev–Trinajstić information content (AvgIpc) is 3.03. The van der Waals surface area contributed by atoms with Crippen LogP contribution in [0.1, 0.15) is 16.1 Å². The number of hydrogen-bond acceptors (Lipinski definition) is 3. The van der Waals surface area contributed by atoms with Crippen molar-refractivity contribution in [2.45, 2.75) is 6.92 Å². The molecule has 0 amide bonds. The zero-order valence-electron chi connectivity index (χ0n) is 12.2. The van der Waals surface area contributed by atoms with Crippen molar-refractivity contribution in [1.82, 2.24) is 4.98 Å². The van der Waals surface area contributed by atoms with Gasteiger partial charge in [-0.1, -0.05) is 60.2 Å². The first-order chi connectivity index (χ1) is 10.8. The number of aryl methyl sites for hydroxylation is 1. The molecule has 0 bridgehead atoms. The molecule has 0 aliphatic carbocycles. The second-order valence-corrected chi connectivity index (χ2v) is 5.85. The first kappa shape index (κ1) is 14.2. The fourth-order valence-corrected chi connectivity index (χ4v) is 3.00. The molecule has 0 N–H and O–H groups in total. The predicted molar refractivity (Wildman–Crippen MR) is 92.2 cm³/mol. The minimum Gasteiger partial charge on any atom is -0.235 e. The highest BCUT2D eigenvalue weighted by Crippen LogP contribution is 2.27. The molecule has 2 nitrogen and oxygen atoms in total. The second kappa shape index (κ2) is 6.38. The van der Waals surface area contributed by atoms with Crippen molar-refractivity contribution in [3.8, 4) is 17.3 Å². The summed E-state index contributed by atoms with van der Waals surface area (Å²) in [4.78, 5) is 4.60. The maximum Gasteiger partial charge on any atom is 0.134 e. The van der Waals surface area contributed by atoms with Gasteiger partial charge in [-0.2, -0.15) is 5.26 Å². The van der Waals surface area contributed by atoms with Crippen LogP contribution in [0.25, 0.3) is 22.9 Å². The lowest BCUT2D eigenvalue weighted by atomic mass is 10.1. The van der Waals surface area contributed by atoms with Crippen LogP contribution in [0.2, 0.25) is 0 Å². The van der Waals surface area contributed by atoms with Crippen LogP contribution in [0.4, 0.5) is 0 Å². The van der Waals surface area contributed by atoms with E-state index in [1.165, 1.54) is 16.9 Å². The Balaban J connectivity index is 1.96. The molecule has 0 atom stereocenters. The van der Waals surface area contributed by atoms with E-state index >= 15 is 0 Å². The van der Waals surface area contributed by atoms with Crippen molar-refractivity contribution >= 4 is 23.0 Å². The minimum atomic E-state index is 0.595. The number of nitrogens with zero attached hydrogens (tertiary/aromatic N) is 2. The van der Waals surface area contributed by atoms with Gasteiger partial charge in [0.05, 0.1) is 11.3 Å². The first-order valence-corrected chi connectivity index (χ1v) is 7.84. The molecule has 0 spiro atoms. The van der Waals surface area contributed by atoms with Gasteiger partial charge in [-0.3, -0.25) is 0 Å². The minimum absolute atomic E-state index is 0.595. The highest BCUT2D eigenvalue weighted by molar-refractivity contribution is 7.11. The lowest BCUT2D eigenvalue weighted by Crippen LogP contribution is -1.83. The molecule has 0 fully saturated rings. The van der Waals surface area contributed by atoms with Gasteiger partial charge in [-0.25, -0.2) is 4.98 Å². The Bertz CT molecular complexity index is 854. The fraction of sp³-hybridized carbons (Fsp3) is 0.0526. The van der Waals surface area contributed by atoms with Crippen LogP contribution in [0.3, 0.4) is 0 Å². The third-order valence-electron chi connectivity index (χ3n) is 3.28. The highest BCUT2D eigenvalue weighted by Gasteiger charge is 2.08. The van der Waals surface area contributed by atoms with Gasteiger partial charge in [0, 0.05) is 10.9 Å². The molecule has 0 aliphatic heterocycles. The van der Waals surface area contributed by atoms with Crippen LogP contribution in [-0.4, -0.2) is 4.98 Å². The predicted octanol–water partition coefficient (Wildman–Crippen LogP) is 5.18. The van der Waals surface area contributed by atoms with Crippen LogP contribution in [0.15, 0.2) is 60.0 Å². The smallest absolute Gasteiger partial charge is 0.134 e. The molecule has 0 aliphatic rings. The van der Waals surface area contributed by atoms with E-state index < -0.39 is 0 Å². The van der Waals surface area contributed by atoms with Gasteiger partial charge < -0.3 is 0 Å². The van der Waals surface area contributed by atoms with Gasteiger partial charge in [0.2, 0.25) is 0 Å². The molecule has 22 heavy (non-hydrogen) atoms. The van der Waals surface area contributed by atoms with E-state index in [1.54, 1.807) is 0 Å². The number of allylic oxidation sites excluding steroid dienone is 1. The van der Waals surface area contributed by atoms with Crippen molar-refractivity contribution in [3.05, 3.63) is 76.1 Å². The molecule has 106 valence electrons. The number of hydrogen-bond donors (Lipinski definition) is 0. The quantitative estimate of drug-likeness (QED) is 0.625. The van der Waals surface area contributed by atoms with Crippen molar-refractivity contribution in [2.24, 2.45) is 0 Å². The Kier molecular flexibility index (Phi) is 4.13. The third kappa shape index (κ3) is 3.13. The third-order valence-corrected chi connectivity index (χ3v) is 4.15. The maximum absolute atomic E-state index is 9.44. The lowest BCUT2D eigenvalue weighted by molar-refractivity contribution is 1.37. The van der Waals surface area contributed by atoms with E-state index in [1.807, 2.05) is 66.9 Å². The SMILES string of the molecule is Cc1cccc(/C=C(/C#N)c2nc(-c3ccccc3)cs2)c1. The molecule has 0 saturated heterocycles. The van der Waals surface area contributed by atoms with Crippen molar-refractivity contribution < 1.29 is 0 Å². The fourth-order valence-electron chi connectivity index (χ4n) is 2.21. The Morgan fingerprint density at radius 3 is 2.68 bits per heavy atom. The van der Waals surface area contributed by atoms with E-state index in [2.05, 4.69) is 17.1 Å². The van der Waals surface area contributed by atoms with E-state index in [0.29, 0.717) is 5.57 Å². The average molecular weight is 302 g/mol. The van der Waals surface area contributed by atoms with Crippen LogP contribution < -0.4 is 0 Å². The number of nitriles is 1. The normalized spacial score (nSPS) is 11.2. The molecular formula is C19H14N2S. The molecule has 3 heteroatoms. The number of thiazole rings is 1. The zero-order chi connectivity index (χ0) is 15.4. The molecule has 0 radical (unpaired) electrons. The molecular weight excluding hydrogens is 288 g/mol. The summed E-state index contributed by atoms with van der Waals surface area (Å²) in [5.41, 5.74) is 4.77. The molecule has 2 aromatic carbocycles. The highest BCUT2D eigenvalue weighted by atomic mass is 32.1. The summed E-state index contributed by atoms with van der Waals surface area (Å²) >= 11 is 1.50. The maximum atomic E-state index is 9.44. The Hall–Kier alpha value is -2.70. The van der Waals surface area contributed by atoms with E-state index in [-0.39, 0.29) is 0 Å². The Morgan fingerprint density at radius 1 is 1.14 bits per heavy atom. The molecule has 3 aromatic rings. The van der Waals surface area contributed by atoms with Gasteiger partial charge in [0.15, 0.2) is 0 Å². The van der Waals surface area contributed by atoms with E-state index in [4.69, 9.17) is 0 Å². The van der Waals surface area contributed by atoms with Crippen molar-refractivity contribution in [2.75, 3.05) is 0 Å². The molecule has 0 unspecified atom stereocenters. The van der Waals surface area contributed by atoms with Crippen LogP contribution >= 0.6 is 11.3 Å². The number of benzene rings is 2. The Labute approximate surface area is 134 Å². The van der Waals surface area contributed by atoms with Crippen molar-refractivity contribution in [1.29, 1.82) is 5.26 Å². The summed E-state index contributed by atoms with van der Waals surface area (Å²) in [6, 6.07) is 20.4. The Morgan fingerprint density at radius 2 is 1.95 bits per heavy atom. The summed E-state index contributed by atoms with van der Waals surface area (Å²) in [7, 11) is 0. The van der Waals surface area contributed by atoms with Gasteiger partial charge >= 0.3 is 0 Å². The number of aromatic nitrogens is 1. The lowest BCUT2D eigenvalue weighted by Gasteiger charge is -1.98. The zero-order valence-corrected chi connectivity index (χ0v) is 13.0. The summed E-state index contributed by atoms with van der Waals surface area (Å²) in [6.07, 6.45) is 1.89. The van der Waals surface area contributed by atoms with E-state index in [9.17, 15) is 5.26 Å². The summed E-state index contributed by atoms with van der Waals surface area (Å²) in [5, 5.41) is 12.2. The summed E-state index contributed by atoms with van der Waals surface area (Å²) in [5.74, 6) is 0. The van der Waals surface area contributed by atoms with Gasteiger partial charge in [-0.15, -0.1) is 11.3 Å². The second-order valence-electron chi connectivity index (χ2n) is 4.99. The molecule has 1 aromatic heterocycles. The monoisotopic (exact) mass is 302 g/mol. The molecule has 0 saturated carbocycles. The van der Waals surface area contributed by atoms with Gasteiger partial charge in [-0.05, 0) is 18.6 Å². The van der Waals surface area contributed by atoms with Crippen molar-refractivity contribution in [3.63, 3.8) is 0 Å². The van der Waals surface area contributed by atoms with Crippen LogP contribution in [-0.2, 0) is 0 Å². The van der Waals surface area contributed by atoms with Crippen LogP contribution in [0, 0.1) is 18.3 Å². The molecule has 1 heterocycles. The van der Waals surface area contributed by atoms with Gasteiger partial charge in [0.25, 0.3) is 0 Å². The van der Waals surface area contributed by atoms with Gasteiger partial charge in [0.1, 0.15) is 11.1 Å². The topological polar surface area (TPSA) is 36.7 Å². The largest absolute Gasteiger partial charge is 0.235 e. The summed E-state index contributed by atoms with van der Waals surface area (Å²) in [6.45, 7) is 2.04. The first-order valence-electron chi connectivity index (χ1n) is 6.96.